The number of aromatic nitrogens is 1. The van der Waals surface area contributed by atoms with Crippen LogP contribution in [0.15, 0.2) is 53.3 Å². The smallest absolute Gasteiger partial charge is 0.0460 e. The summed E-state index contributed by atoms with van der Waals surface area (Å²) in [6, 6.07) is 12.2. The van der Waals surface area contributed by atoms with Crippen molar-refractivity contribution in [3.63, 3.8) is 0 Å². The number of nitrogens with zero attached hydrogens (tertiary/aromatic N) is 1. The summed E-state index contributed by atoms with van der Waals surface area (Å²) in [7, 11) is 0. The third kappa shape index (κ3) is 1.43. The summed E-state index contributed by atoms with van der Waals surface area (Å²) in [6.45, 7) is 0. The lowest BCUT2D eigenvalue weighted by Crippen LogP contribution is -1.87. The van der Waals surface area contributed by atoms with E-state index in [1.165, 1.54) is 5.69 Å². The molecule has 0 amide bonds. The molecule has 0 aliphatic rings. The molecule has 0 aliphatic carbocycles. The number of rotatable bonds is 1. The number of halogens is 1. The van der Waals surface area contributed by atoms with Gasteiger partial charge < -0.3 is 4.57 Å². The summed E-state index contributed by atoms with van der Waals surface area (Å²) >= 11 is 3.43. The topological polar surface area (TPSA) is 4.93 Å². The fourth-order valence-electron chi connectivity index (χ4n) is 1.14. The molecule has 1 heterocycles. The minimum Gasteiger partial charge on any atom is -0.324 e. The van der Waals surface area contributed by atoms with Crippen LogP contribution in [-0.2, 0) is 0 Å². The molecule has 1 nitrogen and oxygen atoms in total. The van der Waals surface area contributed by atoms with Crippen molar-refractivity contribution in [3.05, 3.63) is 53.3 Å². The average Bonchev–Trinajstić information content (AvgIpc) is 2.56. The lowest BCUT2D eigenvalue weighted by Gasteiger charge is -2.01. The maximum absolute atomic E-state index is 3.43. The fourth-order valence-corrected chi connectivity index (χ4v) is 1.53. The summed E-state index contributed by atoms with van der Waals surface area (Å²) in [5.41, 5.74) is 1.18. The standard InChI is InChI=1S/C10H8BrN/c11-9-4-3-5-10(8-9)12-6-1-2-7-12/h1-8H. The molecule has 0 atom stereocenters. The molecule has 0 fully saturated rings. The van der Waals surface area contributed by atoms with Gasteiger partial charge in [-0.15, -0.1) is 0 Å². The monoisotopic (exact) mass is 221 g/mol. The van der Waals surface area contributed by atoms with Gasteiger partial charge in [-0.25, -0.2) is 0 Å². The highest BCUT2D eigenvalue weighted by Gasteiger charge is 1.93. The van der Waals surface area contributed by atoms with Crippen LogP contribution in [0.4, 0.5) is 0 Å². The second-order valence-electron chi connectivity index (χ2n) is 2.57. The Morgan fingerprint density at radius 1 is 1.00 bits per heavy atom. The molecule has 2 heteroatoms. The highest BCUT2D eigenvalue weighted by Crippen LogP contribution is 2.14. The molecule has 0 aliphatic heterocycles. The minimum atomic E-state index is 1.11. The van der Waals surface area contributed by atoms with Gasteiger partial charge in [0.05, 0.1) is 0 Å². The number of hydrogen-bond donors (Lipinski definition) is 0. The van der Waals surface area contributed by atoms with Crippen molar-refractivity contribution < 1.29 is 0 Å². The van der Waals surface area contributed by atoms with Gasteiger partial charge in [0.2, 0.25) is 0 Å². The molecule has 0 saturated carbocycles. The minimum absolute atomic E-state index is 1.11. The van der Waals surface area contributed by atoms with Crippen LogP contribution in [0.25, 0.3) is 5.69 Å². The molecule has 0 radical (unpaired) electrons. The lowest BCUT2D eigenvalue weighted by atomic mass is 10.3. The van der Waals surface area contributed by atoms with Crippen LogP contribution >= 0.6 is 15.9 Å². The molecule has 0 spiro atoms. The summed E-state index contributed by atoms with van der Waals surface area (Å²) in [4.78, 5) is 0. The van der Waals surface area contributed by atoms with Crippen molar-refractivity contribution in [1.82, 2.24) is 4.57 Å². The molecule has 60 valence electrons. The zero-order valence-electron chi connectivity index (χ0n) is 6.44. The van der Waals surface area contributed by atoms with Crippen LogP contribution < -0.4 is 0 Å². The van der Waals surface area contributed by atoms with Crippen molar-refractivity contribution in [2.24, 2.45) is 0 Å². The summed E-state index contributed by atoms with van der Waals surface area (Å²) in [5, 5.41) is 0. The second kappa shape index (κ2) is 3.15. The van der Waals surface area contributed by atoms with Crippen LogP contribution in [0.1, 0.15) is 0 Å². The molecule has 1 aromatic carbocycles. The van der Waals surface area contributed by atoms with Gasteiger partial charge in [0, 0.05) is 22.6 Å². The van der Waals surface area contributed by atoms with Gasteiger partial charge in [-0.3, -0.25) is 0 Å². The van der Waals surface area contributed by atoms with E-state index in [1.54, 1.807) is 0 Å². The van der Waals surface area contributed by atoms with Crippen LogP contribution in [0, 0.1) is 0 Å². The molecule has 0 bridgehead atoms. The van der Waals surface area contributed by atoms with Gasteiger partial charge in [-0.2, -0.15) is 0 Å². The van der Waals surface area contributed by atoms with E-state index in [1.807, 2.05) is 36.7 Å². The van der Waals surface area contributed by atoms with E-state index in [0.29, 0.717) is 0 Å². The van der Waals surface area contributed by atoms with E-state index in [-0.39, 0.29) is 0 Å². The van der Waals surface area contributed by atoms with Gasteiger partial charge in [-0.05, 0) is 30.3 Å². The summed E-state index contributed by atoms with van der Waals surface area (Å²) in [6.07, 6.45) is 4.06. The first-order chi connectivity index (χ1) is 5.86. The first kappa shape index (κ1) is 7.62. The second-order valence-corrected chi connectivity index (χ2v) is 3.49. The number of hydrogen-bond acceptors (Lipinski definition) is 0. The highest BCUT2D eigenvalue weighted by atomic mass is 79.9. The molecular formula is C10H8BrN. The van der Waals surface area contributed by atoms with Gasteiger partial charge >= 0.3 is 0 Å². The Bertz CT molecular complexity index is 365. The maximum Gasteiger partial charge on any atom is 0.0460 e. The van der Waals surface area contributed by atoms with Crippen molar-refractivity contribution in [2.45, 2.75) is 0 Å². The van der Waals surface area contributed by atoms with Crippen LogP contribution in [0.3, 0.4) is 0 Å². The predicted octanol–water partition coefficient (Wildman–Crippen LogP) is 3.24. The van der Waals surface area contributed by atoms with E-state index in [9.17, 15) is 0 Å². The Morgan fingerprint density at radius 2 is 1.75 bits per heavy atom. The first-order valence-corrected chi connectivity index (χ1v) is 4.54. The van der Waals surface area contributed by atoms with E-state index < -0.39 is 0 Å². The Labute approximate surface area is 79.8 Å². The summed E-state index contributed by atoms with van der Waals surface area (Å²) in [5.74, 6) is 0. The Hall–Kier alpha value is -1.02. The van der Waals surface area contributed by atoms with Gasteiger partial charge in [-0.1, -0.05) is 22.0 Å². The van der Waals surface area contributed by atoms with Crippen LogP contribution in [0.2, 0.25) is 0 Å². The molecule has 0 saturated heterocycles. The third-order valence-corrected chi connectivity index (χ3v) is 2.20. The summed E-state index contributed by atoms with van der Waals surface area (Å²) < 4.78 is 3.18. The highest BCUT2D eigenvalue weighted by molar-refractivity contribution is 9.10. The Kier molecular flexibility index (Phi) is 2.00. The maximum atomic E-state index is 3.43. The Morgan fingerprint density at radius 3 is 2.42 bits per heavy atom. The molecule has 0 N–H and O–H groups in total. The first-order valence-electron chi connectivity index (χ1n) is 3.75. The SMILES string of the molecule is Brc1cccc(-n2cccc2)c1. The van der Waals surface area contributed by atoms with Gasteiger partial charge in [0.15, 0.2) is 0 Å². The molecule has 12 heavy (non-hydrogen) atoms. The fraction of sp³-hybridized carbons (Fsp3) is 0. The third-order valence-electron chi connectivity index (χ3n) is 1.71. The molecule has 1 aromatic heterocycles. The zero-order chi connectivity index (χ0) is 8.39. The molecular weight excluding hydrogens is 214 g/mol. The van der Waals surface area contributed by atoms with E-state index in [4.69, 9.17) is 0 Å². The Balaban J connectivity index is 2.48. The number of benzene rings is 1. The van der Waals surface area contributed by atoms with Crippen molar-refractivity contribution in [1.29, 1.82) is 0 Å². The largest absolute Gasteiger partial charge is 0.324 e. The molecule has 2 aromatic rings. The van der Waals surface area contributed by atoms with Crippen LogP contribution in [0.5, 0.6) is 0 Å². The quantitative estimate of drug-likeness (QED) is 0.697. The van der Waals surface area contributed by atoms with Gasteiger partial charge in [0.1, 0.15) is 0 Å². The van der Waals surface area contributed by atoms with Crippen LogP contribution in [-0.4, -0.2) is 4.57 Å². The van der Waals surface area contributed by atoms with E-state index in [0.717, 1.165) is 4.47 Å². The van der Waals surface area contributed by atoms with Crippen molar-refractivity contribution in [3.8, 4) is 5.69 Å². The zero-order valence-corrected chi connectivity index (χ0v) is 8.03. The average molecular weight is 222 g/mol. The molecule has 2 rings (SSSR count). The normalized spacial score (nSPS) is 10.1. The molecule has 0 unspecified atom stereocenters. The van der Waals surface area contributed by atoms with Gasteiger partial charge in [0.25, 0.3) is 0 Å². The van der Waals surface area contributed by atoms with Crippen molar-refractivity contribution in [2.75, 3.05) is 0 Å². The predicted molar refractivity (Wildman–Crippen MR) is 53.5 cm³/mol. The van der Waals surface area contributed by atoms with E-state index >= 15 is 0 Å². The van der Waals surface area contributed by atoms with Crippen molar-refractivity contribution >= 4 is 15.9 Å². The van der Waals surface area contributed by atoms with E-state index in [2.05, 4.69) is 32.6 Å². The lowest BCUT2D eigenvalue weighted by molar-refractivity contribution is 1.08.